The fraction of sp³-hybridized carbons (Fsp3) is 1.00. The lowest BCUT2D eigenvalue weighted by molar-refractivity contribution is 0.188. The Morgan fingerprint density at radius 2 is 1.75 bits per heavy atom. The van der Waals surface area contributed by atoms with Crippen molar-refractivity contribution in [2.24, 2.45) is 5.92 Å². The van der Waals surface area contributed by atoms with Crippen molar-refractivity contribution in [3.05, 3.63) is 0 Å². The second kappa shape index (κ2) is 4.83. The first kappa shape index (κ1) is 11.9. The summed E-state index contributed by atoms with van der Waals surface area (Å²) in [4.78, 5) is 2.25. The minimum atomic E-state index is 0.259. The summed E-state index contributed by atoms with van der Waals surface area (Å²) in [6.07, 6.45) is 0. The van der Waals surface area contributed by atoms with Gasteiger partial charge in [0.15, 0.2) is 0 Å². The van der Waals surface area contributed by atoms with Gasteiger partial charge >= 0.3 is 0 Å². The molecule has 0 spiro atoms. The number of likely N-dealkylation sites (N-methyl/N-ethyl adjacent to an activating group) is 1. The van der Waals surface area contributed by atoms with Crippen LogP contribution in [0.1, 0.15) is 27.7 Å². The zero-order chi connectivity index (χ0) is 9.78. The zero-order valence-electron chi connectivity index (χ0n) is 9.44. The third-order valence-electron chi connectivity index (χ3n) is 2.32. The molecule has 0 aliphatic heterocycles. The number of rotatable bonds is 5. The summed E-state index contributed by atoms with van der Waals surface area (Å²) in [6, 6.07) is 0. The van der Waals surface area contributed by atoms with Crippen LogP contribution in [0.4, 0.5) is 0 Å². The second-order valence-electron chi connectivity index (χ2n) is 4.73. The van der Waals surface area contributed by atoms with E-state index in [9.17, 15) is 0 Å². The highest BCUT2D eigenvalue weighted by atomic mass is 15.2. The van der Waals surface area contributed by atoms with Crippen molar-refractivity contribution in [2.45, 2.75) is 33.2 Å². The summed E-state index contributed by atoms with van der Waals surface area (Å²) in [5.41, 5.74) is 0.259. The lowest BCUT2D eigenvalue weighted by atomic mass is 10.0. The van der Waals surface area contributed by atoms with E-state index < -0.39 is 0 Å². The summed E-state index contributed by atoms with van der Waals surface area (Å²) >= 11 is 0. The Balaban J connectivity index is 3.61. The van der Waals surface area contributed by atoms with Crippen LogP contribution in [-0.2, 0) is 0 Å². The maximum absolute atomic E-state index is 3.46. The summed E-state index contributed by atoms with van der Waals surface area (Å²) in [7, 11) is 4.24. The Morgan fingerprint density at radius 3 is 2.08 bits per heavy atom. The van der Waals surface area contributed by atoms with Crippen molar-refractivity contribution in [2.75, 3.05) is 27.2 Å². The molecule has 0 fully saturated rings. The highest BCUT2D eigenvalue weighted by molar-refractivity contribution is 4.79. The first-order chi connectivity index (χ1) is 5.36. The molecule has 0 aliphatic carbocycles. The Hall–Kier alpha value is -0.0800. The lowest BCUT2D eigenvalue weighted by Gasteiger charge is -2.33. The van der Waals surface area contributed by atoms with Gasteiger partial charge < -0.3 is 10.2 Å². The van der Waals surface area contributed by atoms with Crippen molar-refractivity contribution in [3.63, 3.8) is 0 Å². The van der Waals surface area contributed by atoms with Crippen LogP contribution in [0, 0.1) is 5.92 Å². The van der Waals surface area contributed by atoms with E-state index in [1.165, 1.54) is 0 Å². The standard InChI is InChI=1S/C10H24N2/c1-9(2)7-11-8-10(3,4)12(5)6/h9,11H,7-8H2,1-6H3. The van der Waals surface area contributed by atoms with E-state index in [0.29, 0.717) is 0 Å². The smallest absolute Gasteiger partial charge is 0.0271 e. The molecule has 0 aromatic rings. The topological polar surface area (TPSA) is 15.3 Å². The van der Waals surface area contributed by atoms with Gasteiger partial charge in [-0.25, -0.2) is 0 Å². The molecule has 0 radical (unpaired) electrons. The van der Waals surface area contributed by atoms with Gasteiger partial charge in [-0.05, 0) is 40.4 Å². The molecule has 0 aliphatic rings. The maximum atomic E-state index is 3.46. The molecular weight excluding hydrogens is 148 g/mol. The average Bonchev–Trinajstić information content (AvgIpc) is 1.85. The summed E-state index contributed by atoms with van der Waals surface area (Å²) < 4.78 is 0. The van der Waals surface area contributed by atoms with Crippen molar-refractivity contribution >= 4 is 0 Å². The van der Waals surface area contributed by atoms with Crippen LogP contribution in [0.25, 0.3) is 0 Å². The lowest BCUT2D eigenvalue weighted by Crippen LogP contribution is -2.47. The molecular formula is C10H24N2. The Bertz CT molecular complexity index is 117. The van der Waals surface area contributed by atoms with Gasteiger partial charge in [0.2, 0.25) is 0 Å². The summed E-state index contributed by atoms with van der Waals surface area (Å²) in [5, 5.41) is 3.46. The van der Waals surface area contributed by atoms with Gasteiger partial charge in [0.1, 0.15) is 0 Å². The fourth-order valence-electron chi connectivity index (χ4n) is 0.825. The van der Waals surface area contributed by atoms with Gasteiger partial charge in [-0.15, -0.1) is 0 Å². The maximum Gasteiger partial charge on any atom is 0.0271 e. The summed E-state index contributed by atoms with van der Waals surface area (Å²) in [6.45, 7) is 11.1. The molecule has 0 unspecified atom stereocenters. The minimum absolute atomic E-state index is 0.259. The van der Waals surface area contributed by atoms with E-state index in [-0.39, 0.29) is 5.54 Å². The predicted molar refractivity (Wildman–Crippen MR) is 55.5 cm³/mol. The number of hydrogen-bond donors (Lipinski definition) is 1. The molecule has 12 heavy (non-hydrogen) atoms. The van der Waals surface area contributed by atoms with Gasteiger partial charge in [0.25, 0.3) is 0 Å². The third kappa shape index (κ3) is 4.73. The van der Waals surface area contributed by atoms with E-state index in [2.05, 4.69) is 52.0 Å². The Kier molecular flexibility index (Phi) is 4.80. The number of nitrogens with one attached hydrogen (secondary N) is 1. The molecule has 0 aromatic carbocycles. The SMILES string of the molecule is CC(C)CNCC(C)(C)N(C)C. The van der Waals surface area contributed by atoms with Crippen molar-refractivity contribution < 1.29 is 0 Å². The molecule has 0 saturated carbocycles. The predicted octanol–water partition coefficient (Wildman–Crippen LogP) is 1.57. The molecule has 0 atom stereocenters. The zero-order valence-corrected chi connectivity index (χ0v) is 9.44. The molecule has 0 bridgehead atoms. The van der Waals surface area contributed by atoms with Crippen LogP contribution < -0.4 is 5.32 Å². The van der Waals surface area contributed by atoms with Crippen LogP contribution in [0.5, 0.6) is 0 Å². The van der Waals surface area contributed by atoms with Gasteiger partial charge in [0, 0.05) is 12.1 Å². The molecule has 1 N–H and O–H groups in total. The van der Waals surface area contributed by atoms with Crippen molar-refractivity contribution in [3.8, 4) is 0 Å². The quantitative estimate of drug-likeness (QED) is 0.677. The molecule has 0 heterocycles. The molecule has 2 nitrogen and oxygen atoms in total. The van der Waals surface area contributed by atoms with Crippen LogP contribution >= 0.6 is 0 Å². The molecule has 0 amide bonds. The van der Waals surface area contributed by atoms with E-state index in [4.69, 9.17) is 0 Å². The van der Waals surface area contributed by atoms with Crippen LogP contribution in [0.2, 0.25) is 0 Å². The van der Waals surface area contributed by atoms with Crippen molar-refractivity contribution in [1.29, 1.82) is 0 Å². The second-order valence-corrected chi connectivity index (χ2v) is 4.73. The van der Waals surface area contributed by atoms with E-state index in [1.54, 1.807) is 0 Å². The van der Waals surface area contributed by atoms with Gasteiger partial charge in [-0.1, -0.05) is 13.8 Å². The highest BCUT2D eigenvalue weighted by Gasteiger charge is 2.19. The van der Waals surface area contributed by atoms with Crippen molar-refractivity contribution in [1.82, 2.24) is 10.2 Å². The van der Waals surface area contributed by atoms with Gasteiger partial charge in [-0.3, -0.25) is 0 Å². The van der Waals surface area contributed by atoms with Gasteiger partial charge in [-0.2, -0.15) is 0 Å². The number of nitrogens with zero attached hydrogens (tertiary/aromatic N) is 1. The third-order valence-corrected chi connectivity index (χ3v) is 2.32. The van der Waals surface area contributed by atoms with Gasteiger partial charge in [0.05, 0.1) is 0 Å². The Labute approximate surface area is 77.3 Å². The van der Waals surface area contributed by atoms with Crippen LogP contribution in [-0.4, -0.2) is 37.6 Å². The van der Waals surface area contributed by atoms with Crippen LogP contribution in [0.15, 0.2) is 0 Å². The number of hydrogen-bond acceptors (Lipinski definition) is 2. The Morgan fingerprint density at radius 1 is 1.25 bits per heavy atom. The molecule has 74 valence electrons. The highest BCUT2D eigenvalue weighted by Crippen LogP contribution is 2.07. The average molecular weight is 172 g/mol. The molecule has 0 aromatic heterocycles. The largest absolute Gasteiger partial charge is 0.315 e. The molecule has 0 saturated heterocycles. The molecule has 2 heteroatoms. The van der Waals surface area contributed by atoms with E-state index >= 15 is 0 Å². The van der Waals surface area contributed by atoms with Crippen LogP contribution in [0.3, 0.4) is 0 Å². The summed E-state index contributed by atoms with van der Waals surface area (Å²) in [5.74, 6) is 0.739. The first-order valence-electron chi connectivity index (χ1n) is 4.74. The first-order valence-corrected chi connectivity index (χ1v) is 4.74. The van der Waals surface area contributed by atoms with E-state index in [0.717, 1.165) is 19.0 Å². The molecule has 0 rings (SSSR count). The monoisotopic (exact) mass is 172 g/mol. The normalized spacial score (nSPS) is 13.0. The minimum Gasteiger partial charge on any atom is -0.315 e. The fourth-order valence-corrected chi connectivity index (χ4v) is 0.825. The van der Waals surface area contributed by atoms with E-state index in [1.807, 2.05) is 0 Å².